The van der Waals surface area contributed by atoms with Crippen LogP contribution < -0.4 is 10.6 Å². The van der Waals surface area contributed by atoms with Gasteiger partial charge >= 0.3 is 12.0 Å². The molecule has 4 amide bonds. The van der Waals surface area contributed by atoms with Gasteiger partial charge in [-0.25, -0.2) is 4.79 Å². The molecule has 1 spiro atoms. The summed E-state index contributed by atoms with van der Waals surface area (Å²) in [5.41, 5.74) is 0.753. The first-order chi connectivity index (χ1) is 15.2. The van der Waals surface area contributed by atoms with E-state index in [2.05, 4.69) is 24.5 Å². The second kappa shape index (κ2) is 9.71. The molecule has 1 heterocycles. The van der Waals surface area contributed by atoms with Crippen molar-refractivity contribution in [3.8, 4) is 0 Å². The van der Waals surface area contributed by atoms with E-state index in [0.29, 0.717) is 12.1 Å². The number of carbonyl (C=O) groups excluding carboxylic acids is 4. The average molecular weight is 444 g/mol. The lowest BCUT2D eigenvalue weighted by Crippen LogP contribution is -2.54. The third-order valence-corrected chi connectivity index (χ3v) is 6.83. The molecule has 1 aromatic rings. The van der Waals surface area contributed by atoms with Crippen molar-refractivity contribution in [2.75, 3.05) is 11.9 Å². The average Bonchev–Trinajstić information content (AvgIpc) is 3.00. The SMILES string of the molecule is CC[C@H](C)c1ccccc1NC(=O)[C@H](C)OC(=O)CN1C(=O)N[C@]2(CCCC[C@@H]2C)C1=O. The zero-order valence-electron chi connectivity index (χ0n) is 19.3. The zero-order valence-corrected chi connectivity index (χ0v) is 19.3. The number of para-hydroxylation sites is 1. The van der Waals surface area contributed by atoms with Crippen LogP contribution in [-0.4, -0.2) is 46.9 Å². The predicted octanol–water partition coefficient (Wildman–Crippen LogP) is 3.57. The molecule has 2 aliphatic rings. The van der Waals surface area contributed by atoms with Crippen molar-refractivity contribution in [2.24, 2.45) is 5.92 Å². The molecule has 0 radical (unpaired) electrons. The maximum absolute atomic E-state index is 13.0. The Balaban J connectivity index is 1.60. The molecular weight excluding hydrogens is 410 g/mol. The molecule has 2 fully saturated rings. The Morgan fingerprint density at radius 2 is 1.97 bits per heavy atom. The van der Waals surface area contributed by atoms with Crippen molar-refractivity contribution in [3.05, 3.63) is 29.8 Å². The van der Waals surface area contributed by atoms with Gasteiger partial charge in [-0.05, 0) is 49.7 Å². The first-order valence-corrected chi connectivity index (χ1v) is 11.4. The molecule has 174 valence electrons. The van der Waals surface area contributed by atoms with Crippen molar-refractivity contribution >= 4 is 29.5 Å². The number of ether oxygens (including phenoxy) is 1. The van der Waals surface area contributed by atoms with Crippen LogP contribution in [0.3, 0.4) is 0 Å². The van der Waals surface area contributed by atoms with E-state index in [4.69, 9.17) is 4.74 Å². The summed E-state index contributed by atoms with van der Waals surface area (Å²) in [7, 11) is 0. The Morgan fingerprint density at radius 1 is 1.25 bits per heavy atom. The number of imide groups is 1. The van der Waals surface area contributed by atoms with Crippen LogP contribution in [0, 0.1) is 5.92 Å². The summed E-state index contributed by atoms with van der Waals surface area (Å²) < 4.78 is 5.25. The lowest BCUT2D eigenvalue weighted by Gasteiger charge is -2.36. The van der Waals surface area contributed by atoms with Crippen molar-refractivity contribution in [3.63, 3.8) is 0 Å². The largest absolute Gasteiger partial charge is 0.451 e. The second-order valence-corrected chi connectivity index (χ2v) is 8.96. The number of urea groups is 1. The highest BCUT2D eigenvalue weighted by atomic mass is 16.5. The fourth-order valence-electron chi connectivity index (χ4n) is 4.55. The van der Waals surface area contributed by atoms with Crippen LogP contribution in [0.15, 0.2) is 24.3 Å². The highest BCUT2D eigenvalue weighted by molar-refractivity contribution is 6.09. The molecule has 1 aromatic carbocycles. The van der Waals surface area contributed by atoms with Crippen molar-refractivity contribution in [1.29, 1.82) is 0 Å². The van der Waals surface area contributed by atoms with Crippen LogP contribution >= 0.6 is 0 Å². The van der Waals surface area contributed by atoms with Crippen LogP contribution in [0.5, 0.6) is 0 Å². The molecule has 32 heavy (non-hydrogen) atoms. The number of amides is 4. The molecule has 3 rings (SSSR count). The molecule has 1 aliphatic carbocycles. The Morgan fingerprint density at radius 3 is 2.66 bits per heavy atom. The van der Waals surface area contributed by atoms with Crippen molar-refractivity contribution in [1.82, 2.24) is 10.2 Å². The number of benzene rings is 1. The molecule has 1 saturated heterocycles. The van der Waals surface area contributed by atoms with E-state index in [0.717, 1.165) is 36.1 Å². The standard InChI is InChI=1S/C24H33N3O5/c1-5-15(2)18-11-6-7-12-19(18)25-21(29)17(4)32-20(28)14-27-22(30)24(26-23(27)31)13-9-8-10-16(24)3/h6-7,11-12,15-17H,5,8-10,13-14H2,1-4H3,(H,25,29)(H,26,31)/t15-,16-,17-,24-/m0/s1. The van der Waals surface area contributed by atoms with Crippen LogP contribution in [-0.2, 0) is 19.1 Å². The summed E-state index contributed by atoms with van der Waals surface area (Å²) in [4.78, 5) is 51.4. The third-order valence-electron chi connectivity index (χ3n) is 6.83. The topological polar surface area (TPSA) is 105 Å². The fourth-order valence-corrected chi connectivity index (χ4v) is 4.55. The first kappa shape index (κ1) is 23.8. The number of nitrogens with one attached hydrogen (secondary N) is 2. The first-order valence-electron chi connectivity index (χ1n) is 11.4. The van der Waals surface area contributed by atoms with Gasteiger partial charge in [0.1, 0.15) is 12.1 Å². The number of carbonyl (C=O) groups is 4. The summed E-state index contributed by atoms with van der Waals surface area (Å²) in [6.45, 7) is 7.05. The predicted molar refractivity (Wildman–Crippen MR) is 120 cm³/mol. The minimum absolute atomic E-state index is 0.00371. The Bertz CT molecular complexity index is 901. The van der Waals surface area contributed by atoms with Crippen LogP contribution in [0.2, 0.25) is 0 Å². The second-order valence-electron chi connectivity index (χ2n) is 8.96. The van der Waals surface area contributed by atoms with Gasteiger partial charge in [0.15, 0.2) is 6.10 Å². The lowest BCUT2D eigenvalue weighted by molar-refractivity contribution is -0.155. The minimum Gasteiger partial charge on any atom is -0.451 e. The molecule has 2 N–H and O–H groups in total. The van der Waals surface area contributed by atoms with Gasteiger partial charge < -0.3 is 15.4 Å². The molecule has 0 bridgehead atoms. The van der Waals surface area contributed by atoms with E-state index in [-0.39, 0.29) is 17.7 Å². The normalized spacial score (nSPS) is 24.8. The number of nitrogens with zero attached hydrogens (tertiary/aromatic N) is 1. The highest BCUT2D eigenvalue weighted by Gasteiger charge is 2.55. The number of hydrogen-bond acceptors (Lipinski definition) is 5. The van der Waals surface area contributed by atoms with Gasteiger partial charge in [0.05, 0.1) is 0 Å². The van der Waals surface area contributed by atoms with Crippen molar-refractivity contribution in [2.45, 2.75) is 77.4 Å². The quantitative estimate of drug-likeness (QED) is 0.495. The number of anilines is 1. The van der Waals surface area contributed by atoms with Crippen LogP contribution in [0.4, 0.5) is 10.5 Å². The maximum Gasteiger partial charge on any atom is 0.327 e. The number of hydrogen-bond donors (Lipinski definition) is 2. The molecule has 4 atom stereocenters. The van der Waals surface area contributed by atoms with Gasteiger partial charge in [0, 0.05) is 5.69 Å². The molecular formula is C24H33N3O5. The Kier molecular flexibility index (Phi) is 7.21. The summed E-state index contributed by atoms with van der Waals surface area (Å²) in [6.07, 6.45) is 3.13. The van der Waals surface area contributed by atoms with E-state index in [1.54, 1.807) is 0 Å². The number of esters is 1. The summed E-state index contributed by atoms with van der Waals surface area (Å²) >= 11 is 0. The molecule has 0 aromatic heterocycles. The molecule has 1 saturated carbocycles. The zero-order chi connectivity index (χ0) is 23.5. The van der Waals surface area contributed by atoms with Gasteiger partial charge in [-0.15, -0.1) is 0 Å². The summed E-state index contributed by atoms with van der Waals surface area (Å²) in [5, 5.41) is 5.62. The molecule has 0 unspecified atom stereocenters. The van der Waals surface area contributed by atoms with E-state index in [1.165, 1.54) is 6.92 Å². The summed E-state index contributed by atoms with van der Waals surface area (Å²) in [6, 6.07) is 6.93. The Hall–Kier alpha value is -2.90. The van der Waals surface area contributed by atoms with E-state index >= 15 is 0 Å². The van der Waals surface area contributed by atoms with Gasteiger partial charge in [-0.3, -0.25) is 19.3 Å². The minimum atomic E-state index is -1.07. The lowest BCUT2D eigenvalue weighted by atomic mass is 9.73. The smallest absolute Gasteiger partial charge is 0.327 e. The third kappa shape index (κ3) is 4.64. The van der Waals surface area contributed by atoms with Gasteiger partial charge in [0.25, 0.3) is 11.8 Å². The van der Waals surface area contributed by atoms with E-state index in [9.17, 15) is 19.2 Å². The summed E-state index contributed by atoms with van der Waals surface area (Å²) in [5.74, 6) is -1.38. The Labute approximate surface area is 189 Å². The molecule has 1 aliphatic heterocycles. The fraction of sp³-hybridized carbons (Fsp3) is 0.583. The number of rotatable bonds is 7. The van der Waals surface area contributed by atoms with E-state index in [1.807, 2.05) is 31.2 Å². The monoisotopic (exact) mass is 443 g/mol. The molecule has 8 nitrogen and oxygen atoms in total. The van der Waals surface area contributed by atoms with Crippen LogP contribution in [0.1, 0.15) is 71.3 Å². The van der Waals surface area contributed by atoms with E-state index < -0.39 is 36.1 Å². The van der Waals surface area contributed by atoms with Gasteiger partial charge in [-0.2, -0.15) is 0 Å². The van der Waals surface area contributed by atoms with Crippen molar-refractivity contribution < 1.29 is 23.9 Å². The molecule has 8 heteroatoms. The van der Waals surface area contributed by atoms with Gasteiger partial charge in [0.2, 0.25) is 0 Å². The maximum atomic E-state index is 13.0. The van der Waals surface area contributed by atoms with Crippen LogP contribution in [0.25, 0.3) is 0 Å². The highest BCUT2D eigenvalue weighted by Crippen LogP contribution is 2.38. The van der Waals surface area contributed by atoms with Gasteiger partial charge in [-0.1, -0.05) is 51.8 Å².